The van der Waals surface area contributed by atoms with Crippen LogP contribution in [-0.2, 0) is 25.6 Å². The molecule has 0 unspecified atom stereocenters. The highest BCUT2D eigenvalue weighted by atomic mass is 32.2. The molecule has 1 aromatic rings. The molecule has 0 radical (unpaired) electrons. The van der Waals surface area contributed by atoms with Crippen molar-refractivity contribution in [3.8, 4) is 11.5 Å². The summed E-state index contributed by atoms with van der Waals surface area (Å²) in [5, 5.41) is 43.0. The van der Waals surface area contributed by atoms with Gasteiger partial charge < -0.3 is 42.5 Å². The number of aliphatic carboxylic acids is 2. The molecule has 1 rings (SSSR count). The highest BCUT2D eigenvalue weighted by Crippen LogP contribution is 2.37. The van der Waals surface area contributed by atoms with E-state index >= 15 is 0 Å². The Morgan fingerprint density at radius 3 is 2.10 bits per heavy atom. The van der Waals surface area contributed by atoms with Crippen molar-refractivity contribution in [3.05, 3.63) is 17.7 Å². The predicted octanol–water partition coefficient (Wildman–Crippen LogP) is -1.82. The summed E-state index contributed by atoms with van der Waals surface area (Å²) >= 11 is 0.824. The van der Waals surface area contributed by atoms with Gasteiger partial charge in [-0.2, -0.15) is 0 Å². The molecule has 166 valence electrons. The Balaban J connectivity index is 2.99. The van der Waals surface area contributed by atoms with E-state index in [2.05, 4.69) is 10.6 Å². The first kappa shape index (κ1) is 25.0. The average molecular weight is 444 g/mol. The fourth-order valence-electron chi connectivity index (χ4n) is 2.31. The fourth-order valence-corrected chi connectivity index (χ4v) is 3.36. The number of hydrogen-bond donors (Lipinski definition) is 8. The smallest absolute Gasteiger partial charge is 0.327 e. The van der Waals surface area contributed by atoms with Crippen LogP contribution >= 0.6 is 11.8 Å². The number of benzene rings is 1. The van der Waals surface area contributed by atoms with E-state index in [1.165, 1.54) is 6.07 Å². The first-order chi connectivity index (χ1) is 14.1. The van der Waals surface area contributed by atoms with E-state index < -0.39 is 53.9 Å². The van der Waals surface area contributed by atoms with Crippen molar-refractivity contribution in [1.29, 1.82) is 0 Å². The van der Waals surface area contributed by atoms with Crippen LogP contribution in [0.4, 0.5) is 0 Å². The molecule has 0 saturated carbocycles. The number of hydrogen-bond acceptors (Lipinski definition) is 9. The number of carboxylic acid groups (broad SMARTS) is 2. The Hall–Kier alpha value is -3.03. The molecule has 12 nitrogen and oxygen atoms in total. The van der Waals surface area contributed by atoms with Crippen LogP contribution in [0, 0.1) is 0 Å². The number of phenolic OH excluding ortho intramolecular Hbond substituents is 2. The maximum atomic E-state index is 11.6. The summed E-state index contributed by atoms with van der Waals surface area (Å²) in [6, 6.07) is -0.121. The number of nitrogens with two attached hydrogens (primary N) is 2. The van der Waals surface area contributed by atoms with Crippen LogP contribution in [0.3, 0.4) is 0 Å². The van der Waals surface area contributed by atoms with Gasteiger partial charge in [-0.25, -0.2) is 9.59 Å². The molecule has 0 aromatic heterocycles. The van der Waals surface area contributed by atoms with Gasteiger partial charge in [0, 0.05) is 25.1 Å². The Kier molecular flexibility index (Phi) is 9.88. The largest absolute Gasteiger partial charge is 0.504 e. The Morgan fingerprint density at radius 2 is 1.57 bits per heavy atom. The summed E-state index contributed by atoms with van der Waals surface area (Å²) < 4.78 is 0. The number of phenols is 2. The number of nitrogens with one attached hydrogen (secondary N) is 2. The van der Waals surface area contributed by atoms with Crippen molar-refractivity contribution in [3.63, 3.8) is 0 Å². The molecule has 0 aliphatic carbocycles. The van der Waals surface area contributed by atoms with Crippen molar-refractivity contribution in [2.45, 2.75) is 29.8 Å². The molecule has 0 aliphatic rings. The third-order valence-corrected chi connectivity index (χ3v) is 4.91. The summed E-state index contributed by atoms with van der Waals surface area (Å²) in [4.78, 5) is 45.7. The summed E-state index contributed by atoms with van der Waals surface area (Å²) in [6.45, 7) is -0.354. The van der Waals surface area contributed by atoms with E-state index in [1.54, 1.807) is 0 Å². The number of thioether (sulfide) groups is 1. The standard InChI is InChI=1S/C17H24N4O8S/c18-2-1-13(23)20-9(16(26)27)3-8-4-11(22)15(25)12(5-8)30-7-10(17(28)29)21-14(24)6-19/h4-5,9-10,22,25H,1-3,6-7,18-19H2,(H,20,23)(H,21,24)(H,26,27)(H,28,29)/t9-,10+/m0/s1. The second-order valence-electron chi connectivity index (χ2n) is 6.14. The zero-order valence-corrected chi connectivity index (χ0v) is 16.6. The minimum atomic E-state index is -1.32. The number of amides is 2. The first-order valence-corrected chi connectivity index (χ1v) is 9.69. The number of carboxylic acids is 2. The van der Waals surface area contributed by atoms with Crippen LogP contribution < -0.4 is 22.1 Å². The van der Waals surface area contributed by atoms with Crippen LogP contribution in [0.15, 0.2) is 17.0 Å². The zero-order chi connectivity index (χ0) is 22.8. The molecule has 1 aromatic carbocycles. The predicted molar refractivity (Wildman–Crippen MR) is 106 cm³/mol. The molecule has 0 aliphatic heterocycles. The van der Waals surface area contributed by atoms with Crippen molar-refractivity contribution in [2.24, 2.45) is 11.5 Å². The Labute approximate surface area is 175 Å². The lowest BCUT2D eigenvalue weighted by atomic mass is 10.0. The first-order valence-electron chi connectivity index (χ1n) is 8.71. The highest BCUT2D eigenvalue weighted by Gasteiger charge is 2.23. The molecule has 0 fully saturated rings. The molecular weight excluding hydrogens is 420 g/mol. The Bertz CT molecular complexity index is 804. The molecule has 0 bridgehead atoms. The van der Waals surface area contributed by atoms with Crippen molar-refractivity contribution in [2.75, 3.05) is 18.8 Å². The van der Waals surface area contributed by atoms with E-state index in [0.29, 0.717) is 0 Å². The van der Waals surface area contributed by atoms with Crippen LogP contribution in [-0.4, -0.2) is 75.1 Å². The molecule has 0 saturated heterocycles. The summed E-state index contributed by atoms with van der Waals surface area (Å²) in [7, 11) is 0. The highest BCUT2D eigenvalue weighted by molar-refractivity contribution is 7.99. The van der Waals surface area contributed by atoms with Gasteiger partial charge in [0.25, 0.3) is 0 Å². The van der Waals surface area contributed by atoms with Gasteiger partial charge in [0.1, 0.15) is 12.1 Å². The molecule has 2 atom stereocenters. The molecular formula is C17H24N4O8S. The number of carbonyl (C=O) groups excluding carboxylic acids is 2. The summed E-state index contributed by atoms with van der Waals surface area (Å²) in [5.41, 5.74) is 10.7. The van der Waals surface area contributed by atoms with E-state index in [-0.39, 0.29) is 35.6 Å². The van der Waals surface area contributed by atoms with Gasteiger partial charge in [0.05, 0.1) is 11.4 Å². The van der Waals surface area contributed by atoms with E-state index in [1.807, 2.05) is 0 Å². The molecule has 30 heavy (non-hydrogen) atoms. The minimum absolute atomic E-state index is 0.0460. The van der Waals surface area contributed by atoms with Gasteiger partial charge >= 0.3 is 11.9 Å². The topological polar surface area (TPSA) is 225 Å². The normalized spacial score (nSPS) is 12.6. The summed E-state index contributed by atoms with van der Waals surface area (Å²) in [6.07, 6.45) is -0.268. The Morgan fingerprint density at radius 1 is 0.967 bits per heavy atom. The van der Waals surface area contributed by atoms with E-state index in [4.69, 9.17) is 11.5 Å². The maximum absolute atomic E-state index is 11.6. The molecule has 13 heteroatoms. The lowest BCUT2D eigenvalue weighted by molar-refractivity contribution is -0.141. The third-order valence-electron chi connectivity index (χ3n) is 3.78. The summed E-state index contributed by atoms with van der Waals surface area (Å²) in [5.74, 6) is -5.14. The van der Waals surface area contributed by atoms with Crippen molar-refractivity contribution < 1.29 is 39.6 Å². The minimum Gasteiger partial charge on any atom is -0.504 e. The second kappa shape index (κ2) is 11.8. The van der Waals surface area contributed by atoms with Crippen LogP contribution in [0.5, 0.6) is 11.5 Å². The second-order valence-corrected chi connectivity index (χ2v) is 7.20. The van der Waals surface area contributed by atoms with Crippen LogP contribution in [0.1, 0.15) is 12.0 Å². The van der Waals surface area contributed by atoms with E-state index in [9.17, 15) is 39.6 Å². The van der Waals surface area contributed by atoms with Crippen molar-refractivity contribution in [1.82, 2.24) is 10.6 Å². The monoisotopic (exact) mass is 444 g/mol. The molecule has 10 N–H and O–H groups in total. The lowest BCUT2D eigenvalue weighted by Crippen LogP contribution is -2.45. The quantitative estimate of drug-likeness (QED) is 0.132. The maximum Gasteiger partial charge on any atom is 0.327 e. The average Bonchev–Trinajstić information content (AvgIpc) is 2.67. The van der Waals surface area contributed by atoms with Crippen molar-refractivity contribution >= 4 is 35.5 Å². The number of carbonyl (C=O) groups is 4. The van der Waals surface area contributed by atoms with Gasteiger partial charge in [-0.3, -0.25) is 9.59 Å². The number of rotatable bonds is 12. The van der Waals surface area contributed by atoms with Gasteiger partial charge in [-0.05, 0) is 17.7 Å². The lowest BCUT2D eigenvalue weighted by Gasteiger charge is -2.17. The molecule has 2 amide bonds. The van der Waals surface area contributed by atoms with Crippen LogP contribution in [0.2, 0.25) is 0 Å². The van der Waals surface area contributed by atoms with Gasteiger partial charge in [-0.1, -0.05) is 0 Å². The SMILES string of the molecule is NCCC(=O)N[C@@H](Cc1cc(O)c(O)c(SC[C@@H](NC(=O)CN)C(=O)O)c1)C(=O)O. The third kappa shape index (κ3) is 7.77. The zero-order valence-electron chi connectivity index (χ0n) is 15.8. The van der Waals surface area contributed by atoms with Gasteiger partial charge in [-0.15, -0.1) is 11.8 Å². The molecule has 0 heterocycles. The fraction of sp³-hybridized carbons (Fsp3) is 0.412. The van der Waals surface area contributed by atoms with E-state index in [0.717, 1.165) is 17.8 Å². The number of aromatic hydroxyl groups is 2. The van der Waals surface area contributed by atoms with Crippen LogP contribution in [0.25, 0.3) is 0 Å². The molecule has 0 spiro atoms. The van der Waals surface area contributed by atoms with Gasteiger partial charge in [0.15, 0.2) is 11.5 Å². The van der Waals surface area contributed by atoms with Gasteiger partial charge in [0.2, 0.25) is 11.8 Å².